The Hall–Kier alpha value is -4.10. The van der Waals surface area contributed by atoms with Gasteiger partial charge in [-0.05, 0) is 116 Å². The number of hydrogen-bond donors (Lipinski definition) is 3. The molecule has 0 bridgehead atoms. The van der Waals surface area contributed by atoms with Crippen molar-refractivity contribution in [2.75, 3.05) is 13.2 Å². The van der Waals surface area contributed by atoms with Crippen LogP contribution in [0.5, 0.6) is 0 Å². The minimum atomic E-state index is -1.92. The first kappa shape index (κ1) is 68.9. The number of unbranched alkanes of at least 4 members (excludes halogenated alkanes) is 21. The zero-order valence-corrected chi connectivity index (χ0v) is 47.0. The number of ether oxygens (including phenoxy) is 5. The lowest BCUT2D eigenvalue weighted by Crippen LogP contribution is -2.61. The number of aliphatic hydroxyl groups excluding tert-OH is 2. The molecule has 75 heavy (non-hydrogen) atoms. The largest absolute Gasteiger partial charge is 0.479 e. The summed E-state index contributed by atoms with van der Waals surface area (Å²) in [7, 11) is 0. The molecule has 0 radical (unpaired) electrons. The number of rotatable bonds is 49. The maximum atomic E-state index is 13.1. The summed E-state index contributed by atoms with van der Waals surface area (Å²) in [4.78, 5) is 51.1. The normalized spacial score (nSPS) is 18.8. The smallest absolute Gasteiger partial charge is 0.335 e. The molecule has 12 nitrogen and oxygen atoms in total. The topological polar surface area (TPSA) is 175 Å². The van der Waals surface area contributed by atoms with Crippen LogP contribution in [0.15, 0.2) is 85.1 Å². The van der Waals surface area contributed by atoms with E-state index < -0.39 is 67.3 Å². The van der Waals surface area contributed by atoms with Gasteiger partial charge in [-0.25, -0.2) is 4.79 Å². The van der Waals surface area contributed by atoms with Crippen LogP contribution in [0.4, 0.5) is 0 Å². The van der Waals surface area contributed by atoms with Crippen LogP contribution in [0.3, 0.4) is 0 Å². The quantitative estimate of drug-likeness (QED) is 0.0228. The van der Waals surface area contributed by atoms with Gasteiger partial charge in [0.25, 0.3) is 0 Å². The summed E-state index contributed by atoms with van der Waals surface area (Å²) in [6.45, 7) is 5.79. The highest BCUT2D eigenvalue weighted by molar-refractivity contribution is 5.74. The Labute approximate surface area is 454 Å². The molecule has 0 aromatic rings. The van der Waals surface area contributed by atoms with Crippen LogP contribution in [0.25, 0.3) is 0 Å². The van der Waals surface area contributed by atoms with E-state index in [0.717, 1.165) is 122 Å². The van der Waals surface area contributed by atoms with Gasteiger partial charge in [0.15, 0.2) is 24.6 Å². The van der Waals surface area contributed by atoms with Gasteiger partial charge in [0, 0.05) is 19.3 Å². The molecule has 1 fully saturated rings. The second-order valence-corrected chi connectivity index (χ2v) is 19.9. The summed E-state index contributed by atoms with van der Waals surface area (Å²) in [6.07, 6.45) is 52.7. The highest BCUT2D eigenvalue weighted by atomic mass is 16.7. The van der Waals surface area contributed by atoms with Crippen molar-refractivity contribution in [2.45, 2.75) is 276 Å². The molecule has 0 amide bonds. The molecule has 0 spiro atoms. The number of carboxylic acids is 1. The fourth-order valence-electron chi connectivity index (χ4n) is 8.38. The fourth-order valence-corrected chi connectivity index (χ4v) is 8.38. The third-order valence-corrected chi connectivity index (χ3v) is 12.9. The standard InChI is InChI=1S/C63H104O12/c1-4-7-10-13-16-19-22-25-27-28-30-32-34-37-40-43-46-49-55(64)71-52-54(73-56(65)50-47-44-41-38-36-33-29-26-23-20-17-14-11-8-5-2)53-72-63-61(59(68)58(67)60(75-63)62(69)70)74-57(66)51-48-45-42-39-35-31-24-21-18-15-12-9-6-3/h9,12,16-21,25-27,29,31,35,54,58-61,63,67-68H,4-8,10-11,13-15,22-24,28,30,32-34,36-53H2,1-3H3,(H,69,70)/b12-9-,19-16-,20-17-,21-18-,27-25-,29-26-,35-31-. The zero-order valence-electron chi connectivity index (χ0n) is 47.0. The molecular formula is C63H104O12. The SMILES string of the molecule is CC/C=C\C/C=C\C/C=C\CCCCCC(=O)OC1C(OCC(COC(=O)CCCCCCCCC/C=C\C/C=C\CCCCC)OC(=O)CCCCCCC/C=C\C/C=C\CCCCC)OC(C(=O)O)C(O)C1O. The van der Waals surface area contributed by atoms with E-state index in [4.69, 9.17) is 23.7 Å². The average Bonchev–Trinajstić information content (AvgIpc) is 3.39. The van der Waals surface area contributed by atoms with E-state index in [9.17, 15) is 34.5 Å². The van der Waals surface area contributed by atoms with Crippen LogP contribution in [-0.2, 0) is 42.9 Å². The molecule has 1 aliphatic heterocycles. The molecular weight excluding hydrogens is 949 g/mol. The van der Waals surface area contributed by atoms with E-state index in [1.54, 1.807) is 0 Å². The van der Waals surface area contributed by atoms with Crippen LogP contribution < -0.4 is 0 Å². The fraction of sp³-hybridized carbons (Fsp3) is 0.714. The van der Waals surface area contributed by atoms with E-state index in [2.05, 4.69) is 106 Å². The second-order valence-electron chi connectivity index (χ2n) is 19.9. The molecule has 1 rings (SSSR count). The highest BCUT2D eigenvalue weighted by Crippen LogP contribution is 2.26. The first-order valence-electron chi connectivity index (χ1n) is 29.6. The minimum absolute atomic E-state index is 0.0199. The zero-order chi connectivity index (χ0) is 54.7. The number of esters is 3. The molecule has 1 aliphatic rings. The van der Waals surface area contributed by atoms with Crippen molar-refractivity contribution in [1.29, 1.82) is 0 Å². The Morgan fingerprint density at radius 2 is 0.840 bits per heavy atom. The van der Waals surface area contributed by atoms with Crippen molar-refractivity contribution in [3.63, 3.8) is 0 Å². The minimum Gasteiger partial charge on any atom is -0.479 e. The number of carbonyl (C=O) groups excluding carboxylic acids is 3. The lowest BCUT2D eigenvalue weighted by atomic mass is 9.98. The lowest BCUT2D eigenvalue weighted by molar-refractivity contribution is -0.301. The third-order valence-electron chi connectivity index (χ3n) is 12.9. The maximum Gasteiger partial charge on any atom is 0.335 e. The molecule has 12 heteroatoms. The first-order chi connectivity index (χ1) is 36.6. The van der Waals surface area contributed by atoms with Crippen LogP contribution in [0, 0.1) is 0 Å². The molecule has 1 saturated heterocycles. The Bertz CT molecular complexity index is 1630. The van der Waals surface area contributed by atoms with E-state index in [-0.39, 0.29) is 25.9 Å². The van der Waals surface area contributed by atoms with Crippen molar-refractivity contribution in [1.82, 2.24) is 0 Å². The van der Waals surface area contributed by atoms with Gasteiger partial charge in [-0.15, -0.1) is 0 Å². The molecule has 0 aromatic carbocycles. The maximum absolute atomic E-state index is 13.1. The molecule has 6 atom stereocenters. The van der Waals surface area contributed by atoms with E-state index in [1.807, 2.05) is 0 Å². The Kier molecular flexibility index (Phi) is 46.6. The Morgan fingerprint density at radius 1 is 0.453 bits per heavy atom. The molecule has 428 valence electrons. The van der Waals surface area contributed by atoms with Gasteiger partial charge in [0.05, 0.1) is 6.61 Å². The Balaban J connectivity index is 2.72. The number of hydrogen-bond acceptors (Lipinski definition) is 11. The molecule has 3 N–H and O–H groups in total. The molecule has 0 aromatic heterocycles. The van der Waals surface area contributed by atoms with Crippen LogP contribution >= 0.6 is 0 Å². The predicted molar refractivity (Wildman–Crippen MR) is 303 cm³/mol. The molecule has 6 unspecified atom stereocenters. The predicted octanol–water partition coefficient (Wildman–Crippen LogP) is 15.1. The second kappa shape index (κ2) is 50.7. The number of aliphatic hydroxyl groups is 2. The van der Waals surface area contributed by atoms with Gasteiger partial charge < -0.3 is 39.0 Å². The average molecular weight is 1050 g/mol. The van der Waals surface area contributed by atoms with Crippen molar-refractivity contribution >= 4 is 23.9 Å². The number of carboxylic acid groups (broad SMARTS) is 1. The van der Waals surface area contributed by atoms with Crippen molar-refractivity contribution in [3.8, 4) is 0 Å². The summed E-state index contributed by atoms with van der Waals surface area (Å²) in [5.41, 5.74) is 0. The van der Waals surface area contributed by atoms with Crippen molar-refractivity contribution < 1.29 is 58.2 Å². The van der Waals surface area contributed by atoms with Crippen LogP contribution in [-0.4, -0.2) is 89.2 Å². The summed E-state index contributed by atoms with van der Waals surface area (Å²) in [5.74, 6) is -3.19. The van der Waals surface area contributed by atoms with Crippen LogP contribution in [0.1, 0.15) is 239 Å². The van der Waals surface area contributed by atoms with Gasteiger partial charge in [-0.1, -0.05) is 189 Å². The summed E-state index contributed by atoms with van der Waals surface area (Å²) in [6, 6.07) is 0. The lowest BCUT2D eigenvalue weighted by Gasteiger charge is -2.40. The van der Waals surface area contributed by atoms with Gasteiger partial charge in [0.1, 0.15) is 18.8 Å². The summed E-state index contributed by atoms with van der Waals surface area (Å²) < 4.78 is 28.4. The first-order valence-corrected chi connectivity index (χ1v) is 29.6. The van der Waals surface area contributed by atoms with Gasteiger partial charge in [-0.3, -0.25) is 14.4 Å². The van der Waals surface area contributed by atoms with Crippen LogP contribution in [0.2, 0.25) is 0 Å². The van der Waals surface area contributed by atoms with Crippen molar-refractivity contribution in [2.24, 2.45) is 0 Å². The number of carbonyl (C=O) groups is 4. The third kappa shape index (κ3) is 40.8. The van der Waals surface area contributed by atoms with Gasteiger partial charge in [0.2, 0.25) is 0 Å². The van der Waals surface area contributed by atoms with Gasteiger partial charge >= 0.3 is 23.9 Å². The van der Waals surface area contributed by atoms with Crippen molar-refractivity contribution in [3.05, 3.63) is 85.1 Å². The molecule has 1 heterocycles. The number of aliphatic carboxylic acids is 1. The van der Waals surface area contributed by atoms with Gasteiger partial charge in [-0.2, -0.15) is 0 Å². The number of allylic oxidation sites excluding steroid dienone is 14. The summed E-state index contributed by atoms with van der Waals surface area (Å²) in [5, 5.41) is 31.4. The molecule has 0 aliphatic carbocycles. The highest BCUT2D eigenvalue weighted by Gasteiger charge is 2.50. The monoisotopic (exact) mass is 1050 g/mol. The Morgan fingerprint density at radius 3 is 1.29 bits per heavy atom. The van der Waals surface area contributed by atoms with E-state index in [1.165, 1.54) is 57.8 Å². The van der Waals surface area contributed by atoms with E-state index in [0.29, 0.717) is 19.3 Å². The molecule has 0 saturated carbocycles. The summed E-state index contributed by atoms with van der Waals surface area (Å²) >= 11 is 0. The van der Waals surface area contributed by atoms with E-state index >= 15 is 0 Å².